The van der Waals surface area contributed by atoms with Gasteiger partial charge in [-0.05, 0) is 71.6 Å². The molecule has 0 amide bonds. The third kappa shape index (κ3) is 6.89. The number of benzene rings is 2. The molecule has 0 heterocycles. The summed E-state index contributed by atoms with van der Waals surface area (Å²) in [5, 5.41) is 21.7. The molecule has 2 aromatic carbocycles. The van der Waals surface area contributed by atoms with Crippen molar-refractivity contribution in [3.05, 3.63) is 46.5 Å². The molecule has 1 saturated carbocycles. The van der Waals surface area contributed by atoms with Crippen LogP contribution in [0.15, 0.2) is 44.0 Å². The second-order valence-corrected chi connectivity index (χ2v) is 13.4. The molecular weight excluding hydrogens is 484 g/mol. The fourth-order valence-electron chi connectivity index (χ4n) is 4.42. The third-order valence-electron chi connectivity index (χ3n) is 6.88. The predicted molar refractivity (Wildman–Crippen MR) is 158 cm³/mol. The number of thioether (sulfide) groups is 2. The summed E-state index contributed by atoms with van der Waals surface area (Å²) in [6.45, 7) is 13.1. The normalized spacial score (nSPS) is 19.4. The van der Waals surface area contributed by atoms with E-state index in [9.17, 15) is 10.2 Å². The molecule has 0 spiro atoms. The lowest BCUT2D eigenvalue weighted by molar-refractivity contribution is 0.390. The molecule has 36 heavy (non-hydrogen) atoms. The number of rotatable bonds is 6. The van der Waals surface area contributed by atoms with Crippen LogP contribution in [0.3, 0.4) is 0 Å². The summed E-state index contributed by atoms with van der Waals surface area (Å²) in [6, 6.07) is 8.37. The maximum atomic E-state index is 10.8. The van der Waals surface area contributed by atoms with Crippen LogP contribution in [-0.4, -0.2) is 47.2 Å². The molecule has 0 radical (unpaired) electrons. The zero-order valence-electron chi connectivity index (χ0n) is 23.1. The van der Waals surface area contributed by atoms with Crippen molar-refractivity contribution in [2.75, 3.05) is 12.5 Å². The molecule has 196 valence electrons. The van der Waals surface area contributed by atoms with Gasteiger partial charge in [0.25, 0.3) is 0 Å². The number of nitrogens with zero attached hydrogens (tertiary/aromatic N) is 2. The van der Waals surface area contributed by atoms with E-state index in [1.807, 2.05) is 24.9 Å². The maximum absolute atomic E-state index is 10.8. The summed E-state index contributed by atoms with van der Waals surface area (Å²) >= 11 is 3.11. The van der Waals surface area contributed by atoms with Crippen molar-refractivity contribution >= 4 is 36.0 Å². The van der Waals surface area contributed by atoms with Crippen molar-refractivity contribution in [3.63, 3.8) is 0 Å². The number of hydrogen-bond acceptors (Lipinski definition) is 6. The Hall–Kier alpha value is -1.92. The molecule has 0 aromatic heterocycles. The van der Waals surface area contributed by atoms with E-state index < -0.39 is 0 Å². The Morgan fingerprint density at radius 3 is 1.36 bits per heavy atom. The Balaban J connectivity index is 1.91. The van der Waals surface area contributed by atoms with Gasteiger partial charge >= 0.3 is 0 Å². The van der Waals surface area contributed by atoms with Gasteiger partial charge in [-0.15, -0.1) is 23.5 Å². The number of aromatic hydroxyl groups is 2. The summed E-state index contributed by atoms with van der Waals surface area (Å²) in [5.41, 5.74) is 3.86. The minimum atomic E-state index is -0.0162. The molecular formula is C30H42N2O2S2. The smallest absolute Gasteiger partial charge is 0.137 e. The summed E-state index contributed by atoms with van der Waals surface area (Å²) in [5.74, 6) is 0.590. The van der Waals surface area contributed by atoms with Gasteiger partial charge in [0.15, 0.2) is 0 Å². The third-order valence-corrected chi connectivity index (χ3v) is 8.39. The highest BCUT2D eigenvalue weighted by atomic mass is 32.2. The number of phenolic OH excluding ortho intramolecular Hbond substituents is 2. The van der Waals surface area contributed by atoms with Crippen molar-refractivity contribution in [3.8, 4) is 11.5 Å². The Morgan fingerprint density at radius 2 is 1.06 bits per heavy atom. The minimum Gasteiger partial charge on any atom is -0.506 e. The maximum Gasteiger partial charge on any atom is 0.137 e. The van der Waals surface area contributed by atoms with Crippen molar-refractivity contribution in [2.45, 2.75) is 99.9 Å². The SMILES string of the molecule is CSc1cc(C(C)(C)C)cc(C=NC2CCCCC2N=Cc2cc(C(C)(C)C)cc(SC)c2O)c1O. The summed E-state index contributed by atoms with van der Waals surface area (Å²) in [7, 11) is 0. The van der Waals surface area contributed by atoms with Crippen LogP contribution in [0.25, 0.3) is 0 Å². The van der Waals surface area contributed by atoms with Crippen molar-refractivity contribution < 1.29 is 10.2 Å². The van der Waals surface area contributed by atoms with E-state index in [2.05, 4.69) is 65.8 Å². The van der Waals surface area contributed by atoms with Crippen LogP contribution >= 0.6 is 23.5 Å². The van der Waals surface area contributed by atoms with Gasteiger partial charge in [-0.2, -0.15) is 0 Å². The monoisotopic (exact) mass is 526 g/mol. The average molecular weight is 527 g/mol. The molecule has 2 N–H and O–H groups in total. The molecule has 0 bridgehead atoms. The van der Waals surface area contributed by atoms with Gasteiger partial charge in [0, 0.05) is 33.3 Å². The van der Waals surface area contributed by atoms with Gasteiger partial charge in [-0.25, -0.2) is 0 Å². The van der Waals surface area contributed by atoms with Gasteiger partial charge in [-0.3, -0.25) is 9.98 Å². The van der Waals surface area contributed by atoms with Crippen molar-refractivity contribution in [2.24, 2.45) is 9.98 Å². The van der Waals surface area contributed by atoms with Gasteiger partial charge in [-0.1, -0.05) is 54.4 Å². The van der Waals surface area contributed by atoms with Crippen molar-refractivity contribution in [1.29, 1.82) is 0 Å². The van der Waals surface area contributed by atoms with E-state index in [1.54, 1.807) is 23.5 Å². The summed E-state index contributed by atoms with van der Waals surface area (Å²) < 4.78 is 0. The first-order valence-corrected chi connectivity index (χ1v) is 15.2. The lowest BCUT2D eigenvalue weighted by Gasteiger charge is -2.26. The minimum absolute atomic E-state index is 0.0162. The highest BCUT2D eigenvalue weighted by Gasteiger charge is 2.25. The fourth-order valence-corrected chi connectivity index (χ4v) is 5.54. The zero-order chi connectivity index (χ0) is 26.7. The average Bonchev–Trinajstić information content (AvgIpc) is 2.81. The molecule has 1 fully saturated rings. The van der Waals surface area contributed by atoms with Gasteiger partial charge < -0.3 is 10.2 Å². The molecule has 0 aliphatic heterocycles. The largest absolute Gasteiger partial charge is 0.506 e. The predicted octanol–water partition coefficient (Wildman–Crippen LogP) is 7.99. The molecule has 4 nitrogen and oxygen atoms in total. The van der Waals surface area contributed by atoms with Crippen LogP contribution in [0, 0.1) is 0 Å². The van der Waals surface area contributed by atoms with Crippen LogP contribution in [-0.2, 0) is 10.8 Å². The van der Waals surface area contributed by atoms with E-state index >= 15 is 0 Å². The molecule has 3 rings (SSSR count). The van der Waals surface area contributed by atoms with Crippen LogP contribution in [0.2, 0.25) is 0 Å². The van der Waals surface area contributed by atoms with E-state index in [0.717, 1.165) is 46.6 Å². The first-order chi connectivity index (χ1) is 16.8. The molecule has 2 atom stereocenters. The second kappa shape index (κ2) is 11.6. The van der Waals surface area contributed by atoms with Crippen LogP contribution in [0.4, 0.5) is 0 Å². The van der Waals surface area contributed by atoms with Crippen molar-refractivity contribution in [1.82, 2.24) is 0 Å². The molecule has 2 unspecified atom stereocenters. The highest BCUT2D eigenvalue weighted by molar-refractivity contribution is 7.99. The molecule has 1 aliphatic rings. The Labute approximate surface area is 226 Å². The van der Waals surface area contributed by atoms with Crippen LogP contribution < -0.4 is 0 Å². The van der Waals surface area contributed by atoms with Gasteiger partial charge in [0.05, 0.1) is 12.1 Å². The first kappa shape index (κ1) is 28.6. The zero-order valence-corrected chi connectivity index (χ0v) is 24.7. The van der Waals surface area contributed by atoms with E-state index in [-0.39, 0.29) is 22.9 Å². The molecule has 1 aliphatic carbocycles. The number of phenols is 2. The Kier molecular flexibility index (Phi) is 9.26. The molecule has 2 aromatic rings. The summed E-state index contributed by atoms with van der Waals surface area (Å²) in [6.07, 6.45) is 11.8. The topological polar surface area (TPSA) is 65.2 Å². The van der Waals surface area contributed by atoms with Gasteiger partial charge in [0.2, 0.25) is 0 Å². The second-order valence-electron chi connectivity index (χ2n) is 11.7. The Morgan fingerprint density at radius 1 is 0.694 bits per heavy atom. The summed E-state index contributed by atoms with van der Waals surface area (Å²) in [4.78, 5) is 11.6. The fraction of sp³-hybridized carbons (Fsp3) is 0.533. The molecule has 0 saturated heterocycles. The van der Waals surface area contributed by atoms with Gasteiger partial charge in [0.1, 0.15) is 11.5 Å². The van der Waals surface area contributed by atoms with E-state index in [4.69, 9.17) is 9.98 Å². The quantitative estimate of drug-likeness (QED) is 0.296. The first-order valence-electron chi connectivity index (χ1n) is 12.7. The number of hydrogen-bond donors (Lipinski definition) is 2. The highest BCUT2D eigenvalue weighted by Crippen LogP contribution is 2.37. The molecule has 6 heteroatoms. The van der Waals surface area contributed by atoms with E-state index in [0.29, 0.717) is 11.5 Å². The standard InChI is InChI=1S/C30H42N2O2S2/c1-29(2,3)21-13-19(27(33)25(15-21)35-7)17-31-23-11-9-10-12-24(23)32-18-20-14-22(30(4,5)6)16-26(36-8)28(20)34/h13-18,23-24,33-34H,9-12H2,1-8H3. The Bertz CT molecular complexity index is 1040. The lowest BCUT2D eigenvalue weighted by atomic mass is 9.86. The number of aliphatic imine (C=N–C) groups is 2. The van der Waals surface area contributed by atoms with E-state index in [1.165, 1.54) is 11.1 Å². The lowest BCUT2D eigenvalue weighted by Crippen LogP contribution is -2.27. The van der Waals surface area contributed by atoms with Crippen LogP contribution in [0.5, 0.6) is 11.5 Å². The van der Waals surface area contributed by atoms with Crippen LogP contribution in [0.1, 0.15) is 89.5 Å².